The van der Waals surface area contributed by atoms with Gasteiger partial charge in [0.2, 0.25) is 11.8 Å². The fraction of sp³-hybridized carbons (Fsp3) is 0.500. The Labute approximate surface area is 213 Å². The van der Waals surface area contributed by atoms with Crippen molar-refractivity contribution in [2.24, 2.45) is 11.8 Å². The average Bonchev–Trinajstić information content (AvgIpc) is 3.16. The van der Waals surface area contributed by atoms with Gasteiger partial charge in [-0.3, -0.25) is 9.59 Å². The molecule has 6 nitrogen and oxygen atoms in total. The van der Waals surface area contributed by atoms with E-state index in [1.54, 1.807) is 0 Å². The Hall–Kier alpha value is -3.15. The standard InChI is InChI=1S/C30H37N3O3/c1-20-9-11-23(12-10-20)29-32-26-19-24(13-14-27(26)36-29)30(35)33-17-15-22(16-18-33)21(2)28(34)31-25-7-5-3-4-6-8-25/h9-14,19,21-22,25H,3-8,15-18H2,1-2H3,(H,31,34). The van der Waals surface area contributed by atoms with Gasteiger partial charge in [0.15, 0.2) is 5.58 Å². The lowest BCUT2D eigenvalue weighted by Crippen LogP contribution is -2.44. The smallest absolute Gasteiger partial charge is 0.253 e. The van der Waals surface area contributed by atoms with Crippen LogP contribution in [0, 0.1) is 18.8 Å². The Balaban J connectivity index is 1.18. The number of oxazole rings is 1. The van der Waals surface area contributed by atoms with Crippen molar-refractivity contribution in [3.8, 4) is 11.5 Å². The summed E-state index contributed by atoms with van der Waals surface area (Å²) in [6.45, 7) is 5.45. The molecule has 5 rings (SSSR count). The molecular formula is C30H37N3O3. The first-order valence-corrected chi connectivity index (χ1v) is 13.6. The fourth-order valence-corrected chi connectivity index (χ4v) is 5.64. The molecule has 6 heteroatoms. The van der Waals surface area contributed by atoms with Crippen molar-refractivity contribution in [1.29, 1.82) is 0 Å². The first kappa shape index (κ1) is 24.5. The summed E-state index contributed by atoms with van der Waals surface area (Å²) in [6, 6.07) is 13.9. The van der Waals surface area contributed by atoms with Gasteiger partial charge in [-0.25, -0.2) is 4.98 Å². The second-order valence-electron chi connectivity index (χ2n) is 10.7. The maximum absolute atomic E-state index is 13.3. The second-order valence-corrected chi connectivity index (χ2v) is 10.7. The van der Waals surface area contributed by atoms with Crippen LogP contribution in [0.15, 0.2) is 46.9 Å². The molecule has 1 atom stereocenters. The molecule has 1 unspecified atom stereocenters. The van der Waals surface area contributed by atoms with Crippen molar-refractivity contribution >= 4 is 22.9 Å². The molecule has 1 aliphatic heterocycles. The van der Waals surface area contributed by atoms with Crippen molar-refractivity contribution < 1.29 is 14.0 Å². The van der Waals surface area contributed by atoms with Crippen LogP contribution in [0.3, 0.4) is 0 Å². The number of nitrogens with zero attached hydrogens (tertiary/aromatic N) is 2. The topological polar surface area (TPSA) is 75.4 Å². The fourth-order valence-electron chi connectivity index (χ4n) is 5.64. The molecule has 2 amide bonds. The molecule has 2 aliphatic rings. The molecule has 1 saturated carbocycles. The maximum Gasteiger partial charge on any atom is 0.253 e. The summed E-state index contributed by atoms with van der Waals surface area (Å²) in [7, 11) is 0. The van der Waals surface area contributed by atoms with E-state index in [4.69, 9.17) is 4.42 Å². The molecule has 36 heavy (non-hydrogen) atoms. The minimum Gasteiger partial charge on any atom is -0.436 e. The highest BCUT2D eigenvalue weighted by atomic mass is 16.3. The van der Waals surface area contributed by atoms with E-state index in [1.165, 1.54) is 31.2 Å². The van der Waals surface area contributed by atoms with Crippen LogP contribution >= 0.6 is 0 Å². The summed E-state index contributed by atoms with van der Waals surface area (Å²) in [5.41, 5.74) is 4.10. The van der Waals surface area contributed by atoms with Crippen LogP contribution in [0.4, 0.5) is 0 Å². The quantitative estimate of drug-likeness (QED) is 0.439. The zero-order chi connectivity index (χ0) is 25.1. The number of nitrogens with one attached hydrogen (secondary N) is 1. The molecule has 2 aromatic carbocycles. The van der Waals surface area contributed by atoms with Gasteiger partial charge < -0.3 is 14.6 Å². The van der Waals surface area contributed by atoms with Crippen LogP contribution in [0.1, 0.15) is 74.2 Å². The van der Waals surface area contributed by atoms with Gasteiger partial charge >= 0.3 is 0 Å². The summed E-state index contributed by atoms with van der Waals surface area (Å²) in [4.78, 5) is 32.7. The predicted octanol–water partition coefficient (Wildman–Crippen LogP) is 6.13. The third kappa shape index (κ3) is 5.48. The van der Waals surface area contributed by atoms with Crippen molar-refractivity contribution in [2.45, 2.75) is 71.3 Å². The predicted molar refractivity (Wildman–Crippen MR) is 142 cm³/mol. The number of aromatic nitrogens is 1. The largest absolute Gasteiger partial charge is 0.436 e. The summed E-state index contributed by atoms with van der Waals surface area (Å²) in [6.07, 6.45) is 8.92. The van der Waals surface area contributed by atoms with E-state index in [0.717, 1.165) is 31.2 Å². The van der Waals surface area contributed by atoms with Gasteiger partial charge in [0.05, 0.1) is 0 Å². The Morgan fingerprint density at radius 2 is 1.67 bits per heavy atom. The van der Waals surface area contributed by atoms with E-state index < -0.39 is 0 Å². The van der Waals surface area contributed by atoms with E-state index in [-0.39, 0.29) is 17.7 Å². The van der Waals surface area contributed by atoms with E-state index >= 15 is 0 Å². The summed E-state index contributed by atoms with van der Waals surface area (Å²) < 4.78 is 5.92. The molecule has 2 fully saturated rings. The lowest BCUT2D eigenvalue weighted by molar-refractivity contribution is -0.127. The molecule has 0 spiro atoms. The number of piperidine rings is 1. The zero-order valence-corrected chi connectivity index (χ0v) is 21.5. The number of carbonyl (C=O) groups is 2. The molecule has 0 bridgehead atoms. The molecule has 3 aromatic rings. The Bertz CT molecular complexity index is 1200. The monoisotopic (exact) mass is 487 g/mol. The van der Waals surface area contributed by atoms with Crippen molar-refractivity contribution in [3.05, 3.63) is 53.6 Å². The van der Waals surface area contributed by atoms with E-state index in [2.05, 4.69) is 17.2 Å². The lowest BCUT2D eigenvalue weighted by Gasteiger charge is -2.35. The normalized spacial score (nSPS) is 18.7. The van der Waals surface area contributed by atoms with Crippen LogP contribution < -0.4 is 5.32 Å². The summed E-state index contributed by atoms with van der Waals surface area (Å²) >= 11 is 0. The number of amides is 2. The van der Waals surface area contributed by atoms with Crippen LogP contribution in [-0.2, 0) is 4.79 Å². The van der Waals surface area contributed by atoms with Crippen molar-refractivity contribution in [1.82, 2.24) is 15.2 Å². The molecule has 1 aromatic heterocycles. The SMILES string of the molecule is Cc1ccc(-c2nc3cc(C(=O)N4CCC(C(C)C(=O)NC5CCCCCC5)CC4)ccc3o2)cc1. The molecule has 190 valence electrons. The third-order valence-corrected chi connectivity index (χ3v) is 8.08. The zero-order valence-electron chi connectivity index (χ0n) is 21.5. The minimum atomic E-state index is -0.0165. The molecule has 0 radical (unpaired) electrons. The van der Waals surface area contributed by atoms with Gasteiger partial charge in [0.1, 0.15) is 5.52 Å². The second kappa shape index (κ2) is 10.9. The lowest BCUT2D eigenvalue weighted by atomic mass is 9.84. The van der Waals surface area contributed by atoms with Crippen LogP contribution in [0.5, 0.6) is 0 Å². The van der Waals surface area contributed by atoms with E-state index in [1.807, 2.05) is 54.3 Å². The summed E-state index contributed by atoms with van der Waals surface area (Å²) in [5, 5.41) is 3.31. The third-order valence-electron chi connectivity index (χ3n) is 8.08. The first-order chi connectivity index (χ1) is 17.5. The van der Waals surface area contributed by atoms with Crippen LogP contribution in [0.25, 0.3) is 22.6 Å². The number of likely N-dealkylation sites (tertiary alicyclic amines) is 1. The van der Waals surface area contributed by atoms with Gasteiger partial charge in [0, 0.05) is 36.2 Å². The maximum atomic E-state index is 13.3. The van der Waals surface area contributed by atoms with E-state index in [9.17, 15) is 9.59 Å². The first-order valence-electron chi connectivity index (χ1n) is 13.6. The molecule has 2 heterocycles. The Morgan fingerprint density at radius 3 is 2.36 bits per heavy atom. The summed E-state index contributed by atoms with van der Waals surface area (Å²) in [5.74, 6) is 1.07. The van der Waals surface area contributed by atoms with Crippen LogP contribution in [-0.4, -0.2) is 40.8 Å². The highest BCUT2D eigenvalue weighted by Crippen LogP contribution is 2.29. The Kier molecular flexibility index (Phi) is 7.40. The number of carbonyl (C=O) groups excluding carboxylic acids is 2. The number of hydrogen-bond acceptors (Lipinski definition) is 4. The van der Waals surface area contributed by atoms with Crippen molar-refractivity contribution in [2.75, 3.05) is 13.1 Å². The highest BCUT2D eigenvalue weighted by Gasteiger charge is 2.31. The van der Waals surface area contributed by atoms with Gasteiger partial charge in [-0.1, -0.05) is 50.3 Å². The van der Waals surface area contributed by atoms with Crippen molar-refractivity contribution in [3.63, 3.8) is 0 Å². The molecule has 1 N–H and O–H groups in total. The van der Waals surface area contributed by atoms with Crippen LogP contribution in [0.2, 0.25) is 0 Å². The number of hydrogen-bond donors (Lipinski definition) is 1. The van der Waals surface area contributed by atoms with Gasteiger partial charge in [-0.15, -0.1) is 0 Å². The molecule has 1 aliphatic carbocycles. The van der Waals surface area contributed by atoms with Gasteiger partial charge in [-0.05, 0) is 68.9 Å². The van der Waals surface area contributed by atoms with E-state index in [0.29, 0.717) is 47.6 Å². The minimum absolute atomic E-state index is 0.0165. The number of fused-ring (bicyclic) bond motifs is 1. The molecule has 1 saturated heterocycles. The number of aryl methyl sites for hydroxylation is 1. The highest BCUT2D eigenvalue weighted by molar-refractivity contribution is 5.97. The van der Waals surface area contributed by atoms with Gasteiger partial charge in [0.25, 0.3) is 5.91 Å². The molecular weight excluding hydrogens is 450 g/mol. The number of rotatable bonds is 5. The Morgan fingerprint density at radius 1 is 0.972 bits per heavy atom. The number of benzene rings is 2. The average molecular weight is 488 g/mol. The van der Waals surface area contributed by atoms with Gasteiger partial charge in [-0.2, -0.15) is 0 Å².